The Kier molecular flexibility index (Phi) is 5.79. The number of ether oxygens (including phenoxy) is 1. The van der Waals surface area contributed by atoms with Crippen molar-refractivity contribution in [3.8, 4) is 11.4 Å². The van der Waals surface area contributed by atoms with Crippen molar-refractivity contribution in [1.29, 1.82) is 0 Å². The van der Waals surface area contributed by atoms with E-state index in [2.05, 4.69) is 20.4 Å². The molecule has 2 aromatic rings. The van der Waals surface area contributed by atoms with E-state index in [4.69, 9.17) is 9.26 Å². The highest BCUT2D eigenvalue weighted by Crippen LogP contribution is 2.21. The lowest BCUT2D eigenvalue weighted by Gasteiger charge is -2.30. The number of hydrogen-bond donors (Lipinski definition) is 1. The average molecular weight is 370 g/mol. The third-order valence-corrected chi connectivity index (χ3v) is 5.35. The second-order valence-electron chi connectivity index (χ2n) is 7.31. The summed E-state index contributed by atoms with van der Waals surface area (Å²) in [4.78, 5) is 19.1. The molecular weight excluding hydrogens is 344 g/mol. The first-order valence-corrected chi connectivity index (χ1v) is 9.77. The summed E-state index contributed by atoms with van der Waals surface area (Å²) in [7, 11) is 0. The van der Waals surface area contributed by atoms with Crippen LogP contribution in [-0.4, -0.2) is 53.3 Å². The van der Waals surface area contributed by atoms with Gasteiger partial charge in [-0.25, -0.2) is 0 Å². The molecule has 0 unspecified atom stereocenters. The number of likely N-dealkylation sites (tertiary alicyclic amines) is 1. The molecular formula is C20H26N4O3. The SMILES string of the molecule is O=C(NC[C@@H]1CCCO1)C1CCN(Cc2nc(-c3ccccc3)no2)CC1. The average Bonchev–Trinajstić information content (AvgIpc) is 3.39. The molecule has 7 heteroatoms. The number of carbonyl (C=O) groups is 1. The first-order chi connectivity index (χ1) is 13.3. The van der Waals surface area contributed by atoms with Crippen LogP contribution in [0.1, 0.15) is 31.6 Å². The minimum absolute atomic E-state index is 0.0882. The van der Waals surface area contributed by atoms with Crippen molar-refractivity contribution in [3.05, 3.63) is 36.2 Å². The standard InChI is InChI=1S/C20H26N4O3/c25-20(21-13-17-7-4-12-26-17)16-8-10-24(11-9-16)14-18-22-19(23-27-18)15-5-2-1-3-6-15/h1-3,5-6,16-17H,4,7-14H2,(H,21,25)/t17-/m0/s1. The number of amides is 1. The maximum Gasteiger partial charge on any atom is 0.241 e. The zero-order valence-electron chi connectivity index (χ0n) is 15.5. The van der Waals surface area contributed by atoms with E-state index in [1.165, 1.54) is 0 Å². The van der Waals surface area contributed by atoms with Crippen molar-refractivity contribution in [1.82, 2.24) is 20.4 Å². The largest absolute Gasteiger partial charge is 0.376 e. The Morgan fingerprint density at radius 2 is 2.00 bits per heavy atom. The predicted molar refractivity (Wildman–Crippen MR) is 99.7 cm³/mol. The Bertz CT molecular complexity index is 735. The lowest BCUT2D eigenvalue weighted by atomic mass is 9.96. The van der Waals surface area contributed by atoms with E-state index in [1.54, 1.807) is 0 Å². The number of piperidine rings is 1. The summed E-state index contributed by atoms with van der Waals surface area (Å²) in [5, 5.41) is 7.13. The molecule has 2 fully saturated rings. The number of aromatic nitrogens is 2. The Hall–Kier alpha value is -2.25. The van der Waals surface area contributed by atoms with Crippen molar-refractivity contribution < 1.29 is 14.1 Å². The predicted octanol–water partition coefficient (Wildman–Crippen LogP) is 2.24. The smallest absolute Gasteiger partial charge is 0.241 e. The molecule has 1 amide bonds. The van der Waals surface area contributed by atoms with E-state index in [0.29, 0.717) is 24.8 Å². The molecule has 0 spiro atoms. The summed E-state index contributed by atoms with van der Waals surface area (Å²) >= 11 is 0. The van der Waals surface area contributed by atoms with Crippen LogP contribution in [0.4, 0.5) is 0 Å². The van der Waals surface area contributed by atoms with Crippen LogP contribution in [0.2, 0.25) is 0 Å². The van der Waals surface area contributed by atoms with Crippen LogP contribution >= 0.6 is 0 Å². The first kappa shape index (κ1) is 18.1. The lowest BCUT2D eigenvalue weighted by Crippen LogP contribution is -2.42. The van der Waals surface area contributed by atoms with Crippen molar-refractivity contribution in [3.63, 3.8) is 0 Å². The summed E-state index contributed by atoms with van der Waals surface area (Å²) in [5.74, 6) is 1.49. The van der Waals surface area contributed by atoms with Crippen LogP contribution in [0.5, 0.6) is 0 Å². The molecule has 0 aliphatic carbocycles. The van der Waals surface area contributed by atoms with Crippen molar-refractivity contribution in [2.75, 3.05) is 26.2 Å². The van der Waals surface area contributed by atoms with E-state index in [-0.39, 0.29) is 17.9 Å². The third kappa shape index (κ3) is 4.73. The summed E-state index contributed by atoms with van der Waals surface area (Å²) in [5.41, 5.74) is 0.953. The molecule has 0 radical (unpaired) electrons. The Balaban J connectivity index is 1.22. The van der Waals surface area contributed by atoms with Gasteiger partial charge in [-0.15, -0.1) is 0 Å². The van der Waals surface area contributed by atoms with Gasteiger partial charge in [0.25, 0.3) is 0 Å². The zero-order chi connectivity index (χ0) is 18.5. The van der Waals surface area contributed by atoms with Gasteiger partial charge >= 0.3 is 0 Å². The number of rotatable bonds is 6. The Morgan fingerprint density at radius 3 is 2.74 bits per heavy atom. The van der Waals surface area contributed by atoms with E-state index in [9.17, 15) is 4.79 Å². The molecule has 1 aromatic heterocycles. The van der Waals surface area contributed by atoms with E-state index < -0.39 is 0 Å². The van der Waals surface area contributed by atoms with Crippen LogP contribution in [0.3, 0.4) is 0 Å². The Morgan fingerprint density at radius 1 is 1.19 bits per heavy atom. The van der Waals surface area contributed by atoms with Crippen molar-refractivity contribution in [2.24, 2.45) is 5.92 Å². The minimum atomic E-state index is 0.0882. The maximum absolute atomic E-state index is 12.4. The summed E-state index contributed by atoms with van der Waals surface area (Å²) in [6, 6.07) is 9.82. The second kappa shape index (κ2) is 8.63. The molecule has 27 heavy (non-hydrogen) atoms. The van der Waals surface area contributed by atoms with Gasteiger partial charge in [0.2, 0.25) is 17.6 Å². The van der Waals surface area contributed by atoms with Crippen LogP contribution in [-0.2, 0) is 16.1 Å². The van der Waals surface area contributed by atoms with Gasteiger partial charge in [-0.1, -0.05) is 35.5 Å². The van der Waals surface area contributed by atoms with E-state index in [0.717, 1.165) is 50.9 Å². The van der Waals surface area contributed by atoms with Gasteiger partial charge in [0.1, 0.15) is 0 Å². The minimum Gasteiger partial charge on any atom is -0.376 e. The highest BCUT2D eigenvalue weighted by atomic mass is 16.5. The van der Waals surface area contributed by atoms with Gasteiger partial charge in [-0.2, -0.15) is 4.98 Å². The van der Waals surface area contributed by atoms with Gasteiger partial charge < -0.3 is 14.6 Å². The van der Waals surface area contributed by atoms with Gasteiger partial charge in [0, 0.05) is 24.6 Å². The van der Waals surface area contributed by atoms with Gasteiger partial charge in [-0.05, 0) is 38.8 Å². The number of hydrogen-bond acceptors (Lipinski definition) is 6. The zero-order valence-corrected chi connectivity index (χ0v) is 15.5. The number of benzene rings is 1. The number of carbonyl (C=O) groups excluding carboxylic acids is 1. The van der Waals surface area contributed by atoms with Gasteiger partial charge in [0.15, 0.2) is 0 Å². The summed E-state index contributed by atoms with van der Waals surface area (Å²) in [6.07, 6.45) is 4.06. The molecule has 0 bridgehead atoms. The summed E-state index contributed by atoms with van der Waals surface area (Å²) in [6.45, 7) is 3.82. The fourth-order valence-electron chi connectivity index (χ4n) is 3.73. The highest BCUT2D eigenvalue weighted by molar-refractivity contribution is 5.78. The normalized spacial score (nSPS) is 21.4. The third-order valence-electron chi connectivity index (χ3n) is 5.35. The fourth-order valence-corrected chi connectivity index (χ4v) is 3.73. The van der Waals surface area contributed by atoms with E-state index in [1.807, 2.05) is 30.3 Å². The van der Waals surface area contributed by atoms with Gasteiger partial charge in [-0.3, -0.25) is 9.69 Å². The highest BCUT2D eigenvalue weighted by Gasteiger charge is 2.27. The molecule has 7 nitrogen and oxygen atoms in total. The second-order valence-corrected chi connectivity index (χ2v) is 7.31. The Labute approximate surface area is 159 Å². The van der Waals surface area contributed by atoms with Crippen LogP contribution in [0.15, 0.2) is 34.9 Å². The maximum atomic E-state index is 12.4. The van der Waals surface area contributed by atoms with Crippen molar-refractivity contribution in [2.45, 2.75) is 38.3 Å². The van der Waals surface area contributed by atoms with Crippen LogP contribution in [0.25, 0.3) is 11.4 Å². The molecule has 1 aromatic carbocycles. The topological polar surface area (TPSA) is 80.5 Å². The van der Waals surface area contributed by atoms with Gasteiger partial charge in [0.05, 0.1) is 12.6 Å². The number of nitrogens with zero attached hydrogens (tertiary/aromatic N) is 3. The molecule has 1 N–H and O–H groups in total. The van der Waals surface area contributed by atoms with Crippen LogP contribution < -0.4 is 5.32 Å². The molecule has 0 saturated carbocycles. The molecule has 2 aliphatic heterocycles. The first-order valence-electron chi connectivity index (χ1n) is 9.77. The quantitative estimate of drug-likeness (QED) is 0.840. The van der Waals surface area contributed by atoms with Crippen molar-refractivity contribution >= 4 is 5.91 Å². The number of nitrogens with one attached hydrogen (secondary N) is 1. The van der Waals surface area contributed by atoms with E-state index >= 15 is 0 Å². The molecule has 3 heterocycles. The molecule has 2 aliphatic rings. The van der Waals surface area contributed by atoms with Crippen LogP contribution in [0, 0.1) is 5.92 Å². The monoisotopic (exact) mass is 370 g/mol. The fraction of sp³-hybridized carbons (Fsp3) is 0.550. The summed E-state index contributed by atoms with van der Waals surface area (Å²) < 4.78 is 11.0. The molecule has 2 saturated heterocycles. The lowest BCUT2D eigenvalue weighted by molar-refractivity contribution is -0.127. The molecule has 4 rings (SSSR count). The molecule has 1 atom stereocenters. The molecule has 144 valence electrons.